The van der Waals surface area contributed by atoms with E-state index in [1.54, 1.807) is 18.2 Å². The normalized spacial score (nSPS) is 14.9. The summed E-state index contributed by atoms with van der Waals surface area (Å²) in [5.74, 6) is 1.77. The van der Waals surface area contributed by atoms with E-state index in [2.05, 4.69) is 0 Å². The topological polar surface area (TPSA) is 110 Å². The number of ketones is 3. The monoisotopic (exact) mass is 538 g/mol. The summed E-state index contributed by atoms with van der Waals surface area (Å²) < 4.78 is 9.98. The van der Waals surface area contributed by atoms with Gasteiger partial charge in [0, 0.05) is 29.0 Å². The molecule has 0 spiro atoms. The van der Waals surface area contributed by atoms with Crippen LogP contribution >= 0.6 is 11.6 Å². The zero-order chi connectivity index (χ0) is 28.1. The van der Waals surface area contributed by atoms with Gasteiger partial charge in [-0.1, -0.05) is 18.5 Å². The molecule has 7 nitrogen and oxygen atoms in total. The minimum atomic E-state index is -0.122. The van der Waals surface area contributed by atoms with Crippen molar-refractivity contribution in [2.75, 3.05) is 14.2 Å². The molecule has 2 N–H and O–H groups in total. The van der Waals surface area contributed by atoms with E-state index in [1.807, 2.05) is 26.0 Å². The van der Waals surface area contributed by atoms with Crippen molar-refractivity contribution in [3.63, 3.8) is 0 Å². The molecule has 0 radical (unpaired) electrons. The largest absolute Gasteiger partial charge is 0.508 e. The fraction of sp³-hybridized carbons (Fsp3) is 0.300. The Morgan fingerprint density at radius 2 is 1.61 bits per heavy atom. The first kappa shape index (κ1) is 28.7. The Labute approximate surface area is 227 Å². The molecule has 5 rings (SSSR count). The van der Waals surface area contributed by atoms with Gasteiger partial charge in [0.1, 0.15) is 23.0 Å². The molecule has 8 heteroatoms. The number of rotatable bonds is 3. The van der Waals surface area contributed by atoms with Crippen molar-refractivity contribution in [3.8, 4) is 23.0 Å². The lowest BCUT2D eigenvalue weighted by molar-refractivity contribution is 0.0982. The minimum Gasteiger partial charge on any atom is -0.508 e. The second-order valence-electron chi connectivity index (χ2n) is 9.24. The number of aryl methyl sites for hydroxylation is 1. The Hall–Kier alpha value is -3.84. The van der Waals surface area contributed by atoms with Gasteiger partial charge >= 0.3 is 0 Å². The number of phenols is 2. The highest BCUT2D eigenvalue weighted by Crippen LogP contribution is 2.38. The van der Waals surface area contributed by atoms with Crippen LogP contribution in [0.15, 0.2) is 42.5 Å². The first-order valence-electron chi connectivity index (χ1n) is 12.1. The third-order valence-electron chi connectivity index (χ3n) is 6.47. The Morgan fingerprint density at radius 3 is 2.24 bits per heavy atom. The van der Waals surface area contributed by atoms with Crippen molar-refractivity contribution >= 4 is 29.0 Å². The van der Waals surface area contributed by atoms with Crippen molar-refractivity contribution < 1.29 is 34.1 Å². The summed E-state index contributed by atoms with van der Waals surface area (Å²) in [6, 6.07) is 11.5. The second-order valence-corrected chi connectivity index (χ2v) is 9.65. The van der Waals surface area contributed by atoms with Crippen LogP contribution in [0.5, 0.6) is 23.0 Å². The van der Waals surface area contributed by atoms with E-state index in [-0.39, 0.29) is 34.8 Å². The van der Waals surface area contributed by atoms with Gasteiger partial charge in [-0.05, 0) is 79.8 Å². The van der Waals surface area contributed by atoms with Crippen LogP contribution in [-0.2, 0) is 6.42 Å². The Morgan fingerprint density at radius 1 is 0.947 bits per heavy atom. The van der Waals surface area contributed by atoms with Crippen molar-refractivity contribution in [1.29, 1.82) is 0 Å². The first-order chi connectivity index (χ1) is 18.0. The molecule has 0 heterocycles. The molecule has 0 amide bonds. The Bertz CT molecular complexity index is 1390. The molecule has 3 aromatic carbocycles. The number of fused-ring (bicyclic) bond motifs is 2. The van der Waals surface area contributed by atoms with E-state index < -0.39 is 0 Å². The maximum absolute atomic E-state index is 11.5. The summed E-state index contributed by atoms with van der Waals surface area (Å²) in [6.45, 7) is 5.44. The molecule has 1 unspecified atom stereocenters. The van der Waals surface area contributed by atoms with Crippen LogP contribution in [0.3, 0.4) is 0 Å². The zero-order valence-electron chi connectivity index (χ0n) is 22.1. The highest BCUT2D eigenvalue weighted by atomic mass is 35.5. The fourth-order valence-electron chi connectivity index (χ4n) is 4.65. The number of ether oxygens (including phenoxy) is 2. The van der Waals surface area contributed by atoms with Crippen LogP contribution in [0.2, 0.25) is 5.02 Å². The van der Waals surface area contributed by atoms with E-state index in [4.69, 9.17) is 26.2 Å². The summed E-state index contributed by atoms with van der Waals surface area (Å²) in [4.78, 5) is 33.9. The number of carbonyl (C=O) groups excluding carboxylic acids is 3. The van der Waals surface area contributed by atoms with Crippen LogP contribution < -0.4 is 9.47 Å². The molecular formula is C30H31ClO7. The van der Waals surface area contributed by atoms with E-state index in [0.29, 0.717) is 41.9 Å². The standard InChI is InChI=1S/C11H11ClO.C10H10O3.C9H10O3/c1-6-3-8-10(13)5-7(2)11(8)9(12)4-6;1-13-9-5-4-7(11)6-2-3-8(12)10(6)9;1-6(10)8-5-7(11)3-4-9(8)12-2/h3-4,7H,5H2,1-2H3;4-5,11H,2-3H2,1H3;3-5,11H,1-2H3. The van der Waals surface area contributed by atoms with Crippen LogP contribution in [-0.4, -0.2) is 41.8 Å². The molecule has 2 aliphatic rings. The van der Waals surface area contributed by atoms with Crippen molar-refractivity contribution in [3.05, 3.63) is 80.9 Å². The van der Waals surface area contributed by atoms with Gasteiger partial charge in [-0.15, -0.1) is 0 Å². The van der Waals surface area contributed by atoms with Crippen LogP contribution in [0.1, 0.15) is 80.4 Å². The van der Waals surface area contributed by atoms with Gasteiger partial charge in [0.2, 0.25) is 0 Å². The highest BCUT2D eigenvalue weighted by Gasteiger charge is 2.28. The molecule has 0 fully saturated rings. The number of methoxy groups -OCH3 is 2. The molecule has 0 aliphatic heterocycles. The zero-order valence-corrected chi connectivity index (χ0v) is 22.8. The molecular weight excluding hydrogens is 508 g/mol. The molecule has 0 aromatic heterocycles. The second kappa shape index (κ2) is 12.1. The number of halogens is 1. The number of Topliss-reactive ketones (excluding diaryl/α,β-unsaturated/α-hetero) is 3. The maximum Gasteiger partial charge on any atom is 0.167 e. The molecule has 0 saturated heterocycles. The van der Waals surface area contributed by atoms with Crippen molar-refractivity contribution in [1.82, 2.24) is 0 Å². The summed E-state index contributed by atoms with van der Waals surface area (Å²) in [7, 11) is 3.01. The van der Waals surface area contributed by atoms with Crippen molar-refractivity contribution in [2.45, 2.75) is 46.0 Å². The van der Waals surface area contributed by atoms with E-state index in [0.717, 1.165) is 27.3 Å². The number of aromatic hydroxyl groups is 2. The van der Waals surface area contributed by atoms with Gasteiger partial charge in [-0.2, -0.15) is 0 Å². The molecule has 3 aromatic rings. The lowest BCUT2D eigenvalue weighted by Gasteiger charge is -2.06. The molecule has 0 saturated carbocycles. The SMILES string of the molecule is COc1ccc(O)c2c1C(=O)CC2.COc1ccc(O)cc1C(C)=O.Cc1cc(Cl)c2c(c1)C(=O)CC2C. The average molecular weight is 539 g/mol. The molecule has 2 aliphatic carbocycles. The van der Waals surface area contributed by atoms with Crippen LogP contribution in [0, 0.1) is 6.92 Å². The quantitative estimate of drug-likeness (QED) is 0.367. The van der Waals surface area contributed by atoms with Gasteiger partial charge in [-0.3, -0.25) is 14.4 Å². The first-order valence-corrected chi connectivity index (χ1v) is 12.5. The fourth-order valence-corrected chi connectivity index (χ4v) is 5.11. The van der Waals surface area contributed by atoms with E-state index in [1.165, 1.54) is 33.3 Å². The maximum atomic E-state index is 11.5. The van der Waals surface area contributed by atoms with E-state index in [9.17, 15) is 19.5 Å². The lowest BCUT2D eigenvalue weighted by Crippen LogP contribution is -1.96. The lowest BCUT2D eigenvalue weighted by atomic mass is 10.0. The predicted molar refractivity (Wildman–Crippen MR) is 146 cm³/mol. The predicted octanol–water partition coefficient (Wildman–Crippen LogP) is 6.47. The smallest absolute Gasteiger partial charge is 0.167 e. The molecule has 200 valence electrons. The van der Waals surface area contributed by atoms with Gasteiger partial charge < -0.3 is 19.7 Å². The summed E-state index contributed by atoms with van der Waals surface area (Å²) in [5, 5.41) is 19.3. The van der Waals surface area contributed by atoms with E-state index >= 15 is 0 Å². The van der Waals surface area contributed by atoms with Crippen molar-refractivity contribution in [2.24, 2.45) is 0 Å². The molecule has 38 heavy (non-hydrogen) atoms. The average Bonchev–Trinajstić information content (AvgIpc) is 3.40. The van der Waals surface area contributed by atoms with Crippen LogP contribution in [0.4, 0.5) is 0 Å². The number of benzene rings is 3. The number of hydrogen-bond acceptors (Lipinski definition) is 7. The van der Waals surface area contributed by atoms with Gasteiger partial charge in [0.15, 0.2) is 17.3 Å². The number of phenolic OH excluding ortho intramolecular Hbond substituents is 2. The van der Waals surface area contributed by atoms with Gasteiger partial charge in [0.05, 0.1) is 25.3 Å². The third kappa shape index (κ3) is 6.17. The minimum absolute atomic E-state index is 0.0581. The summed E-state index contributed by atoms with van der Waals surface area (Å²) in [6.07, 6.45) is 1.71. The summed E-state index contributed by atoms with van der Waals surface area (Å²) in [5.41, 5.74) is 4.62. The molecule has 0 bridgehead atoms. The number of carbonyl (C=O) groups is 3. The van der Waals surface area contributed by atoms with Gasteiger partial charge in [0.25, 0.3) is 0 Å². The highest BCUT2D eigenvalue weighted by molar-refractivity contribution is 6.32. The Kier molecular flexibility index (Phi) is 9.17. The third-order valence-corrected chi connectivity index (χ3v) is 6.78. The number of hydrogen-bond donors (Lipinski definition) is 2. The Balaban J connectivity index is 0.000000158. The summed E-state index contributed by atoms with van der Waals surface area (Å²) >= 11 is 6.08. The molecule has 1 atom stereocenters. The van der Waals surface area contributed by atoms with Gasteiger partial charge in [-0.25, -0.2) is 0 Å². The van der Waals surface area contributed by atoms with Crippen LogP contribution in [0.25, 0.3) is 0 Å².